The number of thiocarbonyl (C=S) groups is 1. The summed E-state index contributed by atoms with van der Waals surface area (Å²) in [6.45, 7) is 11.9. The molecular weight excluding hydrogens is 478 g/mol. The number of nitrogens with zero attached hydrogens (tertiary/aromatic N) is 4. The van der Waals surface area contributed by atoms with Crippen molar-refractivity contribution in [2.24, 2.45) is 0 Å². The van der Waals surface area contributed by atoms with Crippen molar-refractivity contribution in [3.8, 4) is 0 Å². The summed E-state index contributed by atoms with van der Waals surface area (Å²) >= 11 is 12.9. The van der Waals surface area contributed by atoms with Crippen molar-refractivity contribution < 1.29 is 4.74 Å². The van der Waals surface area contributed by atoms with Crippen LogP contribution in [0.1, 0.15) is 49.7 Å². The van der Waals surface area contributed by atoms with E-state index in [2.05, 4.69) is 77.1 Å². The Bertz CT molecular complexity index is 1130. The molecule has 5 rings (SSSR count). The Balaban J connectivity index is 1.55. The van der Waals surface area contributed by atoms with E-state index in [0.29, 0.717) is 0 Å². The Morgan fingerprint density at radius 3 is 2.69 bits per heavy atom. The average molecular weight is 512 g/mol. The predicted octanol–water partition coefficient (Wildman–Crippen LogP) is 4.67. The molecule has 2 saturated heterocycles. The van der Waals surface area contributed by atoms with E-state index in [1.807, 2.05) is 18.3 Å². The number of hydrogen-bond donors (Lipinski definition) is 1. The van der Waals surface area contributed by atoms with Crippen LogP contribution < -0.4 is 10.2 Å². The highest BCUT2D eigenvalue weighted by atomic mass is 35.5. The maximum Gasteiger partial charge on any atom is 0.170 e. The van der Waals surface area contributed by atoms with Gasteiger partial charge in [-0.3, -0.25) is 9.88 Å². The molecule has 186 valence electrons. The fourth-order valence-electron chi connectivity index (χ4n) is 5.47. The van der Waals surface area contributed by atoms with Crippen molar-refractivity contribution in [2.45, 2.75) is 38.4 Å². The van der Waals surface area contributed by atoms with Crippen LogP contribution >= 0.6 is 23.8 Å². The van der Waals surface area contributed by atoms with Crippen LogP contribution in [0, 0.1) is 0 Å². The summed E-state index contributed by atoms with van der Waals surface area (Å²) in [6, 6.07) is 10.3. The van der Waals surface area contributed by atoms with Crippen molar-refractivity contribution in [1.29, 1.82) is 0 Å². The van der Waals surface area contributed by atoms with Gasteiger partial charge in [-0.25, -0.2) is 0 Å². The van der Waals surface area contributed by atoms with Crippen LogP contribution in [-0.4, -0.2) is 71.9 Å². The Labute approximate surface area is 218 Å². The molecule has 0 radical (unpaired) electrons. The highest BCUT2D eigenvalue weighted by Crippen LogP contribution is 2.46. The zero-order valence-corrected chi connectivity index (χ0v) is 22.5. The van der Waals surface area contributed by atoms with Gasteiger partial charge in [0.1, 0.15) is 0 Å². The number of morpholine rings is 1. The molecule has 0 spiro atoms. The van der Waals surface area contributed by atoms with E-state index in [1.165, 1.54) is 11.1 Å². The van der Waals surface area contributed by atoms with E-state index in [9.17, 15) is 0 Å². The summed E-state index contributed by atoms with van der Waals surface area (Å²) in [5.41, 5.74) is 5.62. The van der Waals surface area contributed by atoms with Gasteiger partial charge in [0.25, 0.3) is 0 Å². The van der Waals surface area contributed by atoms with E-state index in [0.717, 1.165) is 66.5 Å². The highest BCUT2D eigenvalue weighted by molar-refractivity contribution is 7.80. The predicted molar refractivity (Wildman–Crippen MR) is 147 cm³/mol. The van der Waals surface area contributed by atoms with Crippen LogP contribution in [0.15, 0.2) is 42.6 Å². The minimum atomic E-state index is -0.0778. The number of rotatable bonds is 5. The summed E-state index contributed by atoms with van der Waals surface area (Å²) < 4.78 is 5.53. The second-order valence-corrected chi connectivity index (χ2v) is 11.0. The summed E-state index contributed by atoms with van der Waals surface area (Å²) in [4.78, 5) is 11.7. The SMILES string of the molecule is CC1=CC(C)(C)N(C)c2cc(Cl)c(C3C(c4ccccn4)NC(=S)N3CCN3CCOCC3)cc21. The first-order valence-electron chi connectivity index (χ1n) is 12.3. The molecule has 6 nitrogen and oxygen atoms in total. The fraction of sp³-hybridized carbons (Fsp3) is 0.481. The van der Waals surface area contributed by atoms with Crippen LogP contribution in [0.2, 0.25) is 5.02 Å². The summed E-state index contributed by atoms with van der Waals surface area (Å²) in [7, 11) is 2.13. The second kappa shape index (κ2) is 9.69. The largest absolute Gasteiger partial charge is 0.379 e. The third kappa shape index (κ3) is 4.67. The minimum Gasteiger partial charge on any atom is -0.379 e. The minimum absolute atomic E-state index is 0.0516. The van der Waals surface area contributed by atoms with Gasteiger partial charge in [0, 0.05) is 55.7 Å². The van der Waals surface area contributed by atoms with Gasteiger partial charge in [-0.15, -0.1) is 0 Å². The number of benzene rings is 1. The number of pyridine rings is 1. The third-order valence-electron chi connectivity index (χ3n) is 7.61. The van der Waals surface area contributed by atoms with Crippen LogP contribution in [0.25, 0.3) is 5.57 Å². The summed E-state index contributed by atoms with van der Waals surface area (Å²) in [5, 5.41) is 5.07. The number of allylic oxidation sites excluding steroid dienone is 1. The fourth-order valence-corrected chi connectivity index (χ4v) is 6.07. The topological polar surface area (TPSA) is 43.9 Å². The Morgan fingerprint density at radius 1 is 1.20 bits per heavy atom. The number of nitrogens with one attached hydrogen (secondary N) is 1. The van der Waals surface area contributed by atoms with E-state index in [4.69, 9.17) is 28.6 Å². The molecule has 2 aromatic rings. The average Bonchev–Trinajstić information content (AvgIpc) is 3.18. The van der Waals surface area contributed by atoms with E-state index in [-0.39, 0.29) is 17.6 Å². The van der Waals surface area contributed by atoms with Crippen LogP contribution in [-0.2, 0) is 4.74 Å². The second-order valence-electron chi connectivity index (χ2n) is 10.2. The molecule has 2 fully saturated rings. The molecule has 4 heterocycles. The van der Waals surface area contributed by atoms with Gasteiger partial charge in [0.2, 0.25) is 0 Å². The smallest absolute Gasteiger partial charge is 0.170 e. The van der Waals surface area contributed by atoms with Crippen molar-refractivity contribution in [3.05, 3.63) is 64.4 Å². The van der Waals surface area contributed by atoms with Gasteiger partial charge in [-0.2, -0.15) is 0 Å². The molecule has 35 heavy (non-hydrogen) atoms. The van der Waals surface area contributed by atoms with Crippen molar-refractivity contribution in [2.75, 3.05) is 51.3 Å². The van der Waals surface area contributed by atoms with Crippen LogP contribution in [0.4, 0.5) is 5.69 Å². The number of hydrogen-bond acceptors (Lipinski definition) is 5. The molecule has 2 atom stereocenters. The third-order valence-corrected chi connectivity index (χ3v) is 8.29. The Hall–Kier alpha value is -2.19. The van der Waals surface area contributed by atoms with Gasteiger partial charge < -0.3 is 19.9 Å². The molecule has 3 aliphatic heterocycles. The highest BCUT2D eigenvalue weighted by Gasteiger charge is 2.41. The van der Waals surface area contributed by atoms with E-state index in [1.54, 1.807) is 0 Å². The molecule has 0 amide bonds. The molecule has 1 aromatic carbocycles. The number of anilines is 1. The molecule has 8 heteroatoms. The lowest BCUT2D eigenvalue weighted by Crippen LogP contribution is -2.43. The monoisotopic (exact) mass is 511 g/mol. The first-order chi connectivity index (χ1) is 16.8. The van der Waals surface area contributed by atoms with Crippen molar-refractivity contribution >= 4 is 40.2 Å². The Morgan fingerprint density at radius 2 is 1.97 bits per heavy atom. The van der Waals surface area contributed by atoms with Crippen molar-refractivity contribution in [3.63, 3.8) is 0 Å². The summed E-state index contributed by atoms with van der Waals surface area (Å²) in [6.07, 6.45) is 4.17. The van der Waals surface area contributed by atoms with Gasteiger partial charge in [-0.05, 0) is 68.4 Å². The van der Waals surface area contributed by atoms with Gasteiger partial charge >= 0.3 is 0 Å². The zero-order chi connectivity index (χ0) is 24.7. The first kappa shape index (κ1) is 24.5. The van der Waals surface area contributed by atoms with E-state index >= 15 is 0 Å². The number of fused-ring (bicyclic) bond motifs is 1. The van der Waals surface area contributed by atoms with E-state index < -0.39 is 0 Å². The number of halogens is 1. The Kier molecular flexibility index (Phi) is 6.79. The maximum absolute atomic E-state index is 7.07. The molecule has 1 N–H and O–H groups in total. The lowest BCUT2D eigenvalue weighted by Gasteiger charge is -2.41. The molecule has 2 unspecified atom stereocenters. The van der Waals surface area contributed by atoms with Crippen molar-refractivity contribution in [1.82, 2.24) is 20.1 Å². The first-order valence-corrected chi connectivity index (χ1v) is 13.1. The molecule has 0 aliphatic carbocycles. The lowest BCUT2D eigenvalue weighted by molar-refractivity contribution is 0.0350. The van der Waals surface area contributed by atoms with Gasteiger partial charge in [0.05, 0.1) is 36.5 Å². The quantitative estimate of drug-likeness (QED) is 0.585. The molecule has 0 bridgehead atoms. The molecule has 1 aromatic heterocycles. The zero-order valence-electron chi connectivity index (χ0n) is 20.9. The van der Waals surface area contributed by atoms with Crippen LogP contribution in [0.5, 0.6) is 0 Å². The van der Waals surface area contributed by atoms with Crippen LogP contribution in [0.3, 0.4) is 0 Å². The number of aromatic nitrogens is 1. The number of ether oxygens (including phenoxy) is 1. The normalized spacial score (nSPS) is 24.3. The summed E-state index contributed by atoms with van der Waals surface area (Å²) in [5.74, 6) is 0. The molecular formula is C27H34ClN5OS. The van der Waals surface area contributed by atoms with Gasteiger partial charge in [-0.1, -0.05) is 23.7 Å². The maximum atomic E-state index is 7.07. The molecule has 3 aliphatic rings. The standard InChI is InChI=1S/C27H34ClN5OS/c1-18-17-27(2,3)31(4)23-16-21(28)20(15-19(18)23)25-24(22-7-5-6-8-29-22)30-26(35)33(25)10-9-32-11-13-34-14-12-32/h5-8,15-17,24-25H,9-14H2,1-4H3,(H,30,35). The number of likely N-dealkylation sites (N-methyl/N-ethyl adjacent to an activating group) is 1. The van der Waals surface area contributed by atoms with Gasteiger partial charge in [0.15, 0.2) is 5.11 Å². The molecule has 0 saturated carbocycles. The lowest BCUT2D eigenvalue weighted by atomic mass is 9.86.